The number of carbonyl (C=O) groups excluding carboxylic acids is 3. The lowest BCUT2D eigenvalue weighted by Crippen LogP contribution is -2.57. The molecule has 2 aliphatic heterocycles. The van der Waals surface area contributed by atoms with Gasteiger partial charge in [0.25, 0.3) is 0 Å². The van der Waals surface area contributed by atoms with Crippen LogP contribution in [0.25, 0.3) is 0 Å². The number of benzene rings is 1. The number of carbonyl (C=O) groups is 4. The van der Waals surface area contributed by atoms with Crippen LogP contribution in [0.15, 0.2) is 42.1 Å². The van der Waals surface area contributed by atoms with Crippen molar-refractivity contribution in [1.29, 1.82) is 0 Å². The maximum atomic E-state index is 14.4. The highest BCUT2D eigenvalue weighted by atomic mass is 35.5. The highest BCUT2D eigenvalue weighted by Crippen LogP contribution is 2.57. The molecular formula is C34H44ClN3O6. The lowest BCUT2D eigenvalue weighted by atomic mass is 9.84. The molecule has 10 heteroatoms. The molecule has 5 atom stereocenters. The molecule has 4 aliphatic rings. The number of nitrogens with zero attached hydrogens (tertiary/aromatic N) is 2. The van der Waals surface area contributed by atoms with E-state index in [4.69, 9.17) is 16.4 Å². The number of hydrogen-bond acceptors (Lipinski definition) is 6. The average Bonchev–Trinajstić information content (AvgIpc) is 3.34. The van der Waals surface area contributed by atoms with E-state index in [1.54, 1.807) is 18.2 Å². The number of allylic oxidation sites excluding steroid dienone is 1. The minimum atomic E-state index is -1.21. The molecule has 44 heavy (non-hydrogen) atoms. The predicted octanol–water partition coefficient (Wildman–Crippen LogP) is 5.54. The normalized spacial score (nSPS) is 29.1. The highest BCUT2D eigenvalue weighted by molar-refractivity contribution is 6.31. The van der Waals surface area contributed by atoms with Gasteiger partial charge in [0, 0.05) is 36.3 Å². The second-order valence-electron chi connectivity index (χ2n) is 14.4. The minimum Gasteiger partial charge on any atom is -0.481 e. The summed E-state index contributed by atoms with van der Waals surface area (Å²) >= 11 is 6.22. The maximum absolute atomic E-state index is 14.4. The molecule has 2 amide bonds. The summed E-state index contributed by atoms with van der Waals surface area (Å²) in [4.78, 5) is 61.4. The predicted molar refractivity (Wildman–Crippen MR) is 167 cm³/mol. The zero-order valence-corrected chi connectivity index (χ0v) is 26.7. The molecule has 0 radical (unpaired) electrons. The summed E-state index contributed by atoms with van der Waals surface area (Å²) < 4.78 is 0. The molecule has 0 unspecified atom stereocenters. The average molecular weight is 626 g/mol. The Labute approximate surface area is 264 Å². The monoisotopic (exact) mass is 625 g/mol. The van der Waals surface area contributed by atoms with Gasteiger partial charge in [-0.15, -0.1) is 6.58 Å². The van der Waals surface area contributed by atoms with Crippen molar-refractivity contribution in [1.82, 2.24) is 10.2 Å². The fraction of sp³-hybridized carbons (Fsp3) is 0.618. The van der Waals surface area contributed by atoms with Gasteiger partial charge in [-0.1, -0.05) is 75.0 Å². The maximum Gasteiger partial charge on any atom is 0.310 e. The Hall–Kier alpha value is -3.20. The number of amides is 2. The van der Waals surface area contributed by atoms with Crippen LogP contribution in [0.5, 0.6) is 0 Å². The molecule has 1 spiro atoms. The van der Waals surface area contributed by atoms with Crippen LogP contribution in [0, 0.1) is 22.7 Å². The number of carboxylic acid groups (broad SMARTS) is 1. The SMILES string of the molecule is C=C[C@@H]1C[C@]1(CC(=O)[C@@H]1C[C@]2(CC(c3cccc(Cl)c3)=NO2)CN1C(=O)[C@@H](NC(=O)CC1CCCCC1)C(C)(C)C)C(=O)O. The number of halogens is 1. The second kappa shape index (κ2) is 12.3. The summed E-state index contributed by atoms with van der Waals surface area (Å²) in [5.41, 5.74) is -1.35. The Morgan fingerprint density at radius 3 is 2.55 bits per heavy atom. The number of Topliss-reactive ketones (excluding diaryl/α,β-unsaturated/α-hetero) is 1. The van der Waals surface area contributed by atoms with Gasteiger partial charge in [0.1, 0.15) is 6.04 Å². The van der Waals surface area contributed by atoms with Crippen molar-refractivity contribution in [2.75, 3.05) is 6.54 Å². The first-order valence-corrected chi connectivity index (χ1v) is 16.1. The quantitative estimate of drug-likeness (QED) is 0.329. The topological polar surface area (TPSA) is 125 Å². The third kappa shape index (κ3) is 6.58. The Kier molecular flexibility index (Phi) is 9.00. The van der Waals surface area contributed by atoms with E-state index >= 15 is 0 Å². The summed E-state index contributed by atoms with van der Waals surface area (Å²) in [6.45, 7) is 9.51. The zero-order valence-electron chi connectivity index (χ0n) is 25.9. The summed E-state index contributed by atoms with van der Waals surface area (Å²) in [6, 6.07) is 5.46. The first-order valence-electron chi connectivity index (χ1n) is 15.8. The zero-order chi connectivity index (χ0) is 31.9. The van der Waals surface area contributed by atoms with Crippen LogP contribution in [0.1, 0.15) is 90.5 Å². The van der Waals surface area contributed by atoms with Crippen LogP contribution in [0.4, 0.5) is 0 Å². The van der Waals surface area contributed by atoms with Crippen LogP contribution in [0.3, 0.4) is 0 Å². The van der Waals surface area contributed by atoms with Crippen molar-refractivity contribution >= 4 is 40.9 Å². The smallest absolute Gasteiger partial charge is 0.310 e. The molecule has 0 bridgehead atoms. The van der Waals surface area contributed by atoms with Crippen molar-refractivity contribution in [2.45, 2.75) is 103 Å². The van der Waals surface area contributed by atoms with Gasteiger partial charge < -0.3 is 20.2 Å². The molecule has 238 valence electrons. The van der Waals surface area contributed by atoms with E-state index < -0.39 is 34.5 Å². The third-order valence-corrected chi connectivity index (χ3v) is 10.2. The summed E-state index contributed by atoms with van der Waals surface area (Å²) in [5, 5.41) is 17.9. The molecular weight excluding hydrogens is 582 g/mol. The molecule has 2 heterocycles. The number of carboxylic acids is 1. The molecule has 1 aromatic rings. The van der Waals surface area contributed by atoms with Gasteiger partial charge in [0.05, 0.1) is 23.7 Å². The molecule has 1 saturated heterocycles. The molecule has 2 aliphatic carbocycles. The number of likely N-dealkylation sites (tertiary alicyclic amines) is 1. The van der Waals surface area contributed by atoms with Crippen molar-refractivity contribution < 1.29 is 29.1 Å². The molecule has 9 nitrogen and oxygen atoms in total. The van der Waals surface area contributed by atoms with Crippen LogP contribution in [0.2, 0.25) is 5.02 Å². The summed E-state index contributed by atoms with van der Waals surface area (Å²) in [7, 11) is 0. The number of nitrogens with one attached hydrogen (secondary N) is 1. The molecule has 3 fully saturated rings. The molecule has 0 aromatic heterocycles. The number of hydrogen-bond donors (Lipinski definition) is 2. The molecule has 1 aromatic carbocycles. The Balaban J connectivity index is 1.40. The van der Waals surface area contributed by atoms with Gasteiger partial charge in [-0.2, -0.15) is 0 Å². The molecule has 5 rings (SSSR count). The van der Waals surface area contributed by atoms with E-state index in [9.17, 15) is 24.3 Å². The second-order valence-corrected chi connectivity index (χ2v) is 14.8. The standard InChI is InChI=1S/C34H44ClN3O6/c1-5-23-16-34(23,31(42)43)19-27(39)26-18-33(17-25(37-44-33)22-12-9-13-24(35)15-22)20-38(26)30(41)29(32(2,3)4)36-28(40)14-21-10-7-6-8-11-21/h5,9,12-13,15,21,23,26,29H,1,6-8,10-11,14,16-20H2,2-4H3,(H,36,40)(H,42,43)/t23-,26+,29-,33-,34-/m1/s1. The Bertz CT molecular complexity index is 1360. The van der Waals surface area contributed by atoms with E-state index in [0.717, 1.165) is 31.2 Å². The lowest BCUT2D eigenvalue weighted by molar-refractivity contribution is -0.148. The summed E-state index contributed by atoms with van der Waals surface area (Å²) in [5.74, 6) is -1.89. The fourth-order valence-corrected chi connectivity index (χ4v) is 7.48. The van der Waals surface area contributed by atoms with E-state index in [1.807, 2.05) is 32.9 Å². The van der Waals surface area contributed by atoms with Crippen molar-refractivity contribution in [2.24, 2.45) is 27.8 Å². The van der Waals surface area contributed by atoms with Gasteiger partial charge in [-0.25, -0.2) is 0 Å². The first kappa shape index (κ1) is 32.2. The number of rotatable bonds is 10. The first-order chi connectivity index (χ1) is 20.8. The Morgan fingerprint density at radius 2 is 1.93 bits per heavy atom. The van der Waals surface area contributed by atoms with Crippen molar-refractivity contribution in [3.05, 3.63) is 47.5 Å². The van der Waals surface area contributed by atoms with Gasteiger partial charge in [-0.05, 0) is 48.6 Å². The number of oxime groups is 1. The van der Waals surface area contributed by atoms with Crippen LogP contribution in [-0.4, -0.2) is 63.5 Å². The highest BCUT2D eigenvalue weighted by Gasteiger charge is 2.62. The third-order valence-electron chi connectivity index (χ3n) is 10.0. The van der Waals surface area contributed by atoms with E-state index in [2.05, 4.69) is 17.1 Å². The Morgan fingerprint density at radius 1 is 1.20 bits per heavy atom. The number of ketones is 1. The minimum absolute atomic E-state index is 0.0891. The van der Waals surface area contributed by atoms with Crippen molar-refractivity contribution in [3.8, 4) is 0 Å². The lowest BCUT2D eigenvalue weighted by Gasteiger charge is -2.36. The van der Waals surface area contributed by atoms with Crippen LogP contribution in [-0.2, 0) is 24.0 Å². The van der Waals surface area contributed by atoms with Crippen LogP contribution < -0.4 is 5.32 Å². The van der Waals surface area contributed by atoms with E-state index in [1.165, 1.54) is 11.3 Å². The molecule has 2 N–H and O–H groups in total. The van der Waals surface area contributed by atoms with Gasteiger partial charge in [0.2, 0.25) is 11.8 Å². The van der Waals surface area contributed by atoms with Gasteiger partial charge >= 0.3 is 5.97 Å². The number of aliphatic carboxylic acids is 1. The fourth-order valence-electron chi connectivity index (χ4n) is 7.29. The van der Waals surface area contributed by atoms with Crippen molar-refractivity contribution in [3.63, 3.8) is 0 Å². The van der Waals surface area contributed by atoms with Gasteiger partial charge in [0.15, 0.2) is 11.4 Å². The van der Waals surface area contributed by atoms with E-state index in [0.29, 0.717) is 35.9 Å². The molecule has 2 saturated carbocycles. The summed E-state index contributed by atoms with van der Waals surface area (Å²) in [6.07, 6.45) is 8.05. The van der Waals surface area contributed by atoms with E-state index in [-0.39, 0.29) is 42.9 Å². The van der Waals surface area contributed by atoms with Crippen LogP contribution >= 0.6 is 11.6 Å². The van der Waals surface area contributed by atoms with Gasteiger partial charge in [-0.3, -0.25) is 19.2 Å². The largest absolute Gasteiger partial charge is 0.481 e.